The van der Waals surface area contributed by atoms with Gasteiger partial charge in [0.05, 0.1) is 14.1 Å². The summed E-state index contributed by atoms with van der Waals surface area (Å²) in [6.07, 6.45) is 10.3. The van der Waals surface area contributed by atoms with Gasteiger partial charge in [0, 0.05) is 17.6 Å². The van der Waals surface area contributed by atoms with Crippen LogP contribution in [0.25, 0.3) is 10.8 Å². The molecule has 0 unspecified atom stereocenters. The van der Waals surface area contributed by atoms with Crippen molar-refractivity contribution in [3.8, 4) is 10.8 Å². The average molecular weight is 549 g/mol. The van der Waals surface area contributed by atoms with Crippen LogP contribution in [-0.2, 0) is 10.0 Å². The summed E-state index contributed by atoms with van der Waals surface area (Å²) in [5.41, 5.74) is 0.301. The molecular formula is C25H29ClN4O4S2. The zero-order valence-electron chi connectivity index (χ0n) is 19.9. The summed E-state index contributed by atoms with van der Waals surface area (Å²) in [5.74, 6) is -0.205. The van der Waals surface area contributed by atoms with E-state index in [0.717, 1.165) is 51.4 Å². The first-order valence-electron chi connectivity index (χ1n) is 12.5. The smallest absolute Gasteiger partial charge is 0.322 e. The number of rotatable bonds is 7. The fourth-order valence-electron chi connectivity index (χ4n) is 5.23. The summed E-state index contributed by atoms with van der Waals surface area (Å²) in [4.78, 5) is 13.7. The molecule has 2 fully saturated rings. The molecule has 3 aromatic rings. The Kier molecular flexibility index (Phi) is 7.76. The molecule has 1 amide bonds. The molecule has 192 valence electrons. The summed E-state index contributed by atoms with van der Waals surface area (Å²) in [6.45, 7) is 0. The number of halogens is 1. The molecule has 2 aliphatic carbocycles. The van der Waals surface area contributed by atoms with Gasteiger partial charge in [-0.25, -0.2) is 8.42 Å². The maximum absolute atomic E-state index is 13.8. The van der Waals surface area contributed by atoms with Gasteiger partial charge in [0.1, 0.15) is 0 Å². The lowest BCUT2D eigenvalue weighted by atomic mass is 9.91. The highest BCUT2D eigenvalue weighted by molar-refractivity contribution is 7.89. The third kappa shape index (κ3) is 5.51. The summed E-state index contributed by atoms with van der Waals surface area (Å²) < 4.78 is 35.6. The fourth-order valence-corrected chi connectivity index (χ4v) is 8.13. The van der Waals surface area contributed by atoms with Crippen LogP contribution >= 0.6 is 22.9 Å². The van der Waals surface area contributed by atoms with Crippen LogP contribution in [0.1, 0.15) is 74.6 Å². The number of nitrogens with one attached hydrogen (secondary N) is 1. The third-order valence-electron chi connectivity index (χ3n) is 6.99. The van der Waals surface area contributed by atoms with Crippen LogP contribution in [-0.4, -0.2) is 40.9 Å². The Bertz CT molecular complexity index is 1280. The molecule has 8 nitrogen and oxygen atoms in total. The summed E-state index contributed by atoms with van der Waals surface area (Å²) >= 11 is 7.24. The zero-order chi connectivity index (χ0) is 25.1. The Morgan fingerprint density at radius 1 is 0.917 bits per heavy atom. The molecule has 0 atom stereocenters. The van der Waals surface area contributed by atoms with Gasteiger partial charge in [-0.1, -0.05) is 55.2 Å². The van der Waals surface area contributed by atoms with Crippen LogP contribution in [0.5, 0.6) is 0 Å². The van der Waals surface area contributed by atoms with Crippen molar-refractivity contribution in [2.75, 3.05) is 5.32 Å². The molecule has 0 radical (unpaired) electrons. The van der Waals surface area contributed by atoms with E-state index in [9.17, 15) is 13.2 Å². The molecule has 1 aromatic carbocycles. The molecule has 36 heavy (non-hydrogen) atoms. The normalized spacial score (nSPS) is 17.9. The van der Waals surface area contributed by atoms with Crippen LogP contribution < -0.4 is 5.32 Å². The molecule has 0 bridgehead atoms. The Balaban J connectivity index is 1.32. The maximum atomic E-state index is 13.8. The van der Waals surface area contributed by atoms with Crippen molar-refractivity contribution in [1.29, 1.82) is 0 Å². The Morgan fingerprint density at radius 2 is 1.53 bits per heavy atom. The minimum atomic E-state index is -3.68. The van der Waals surface area contributed by atoms with Gasteiger partial charge in [0.2, 0.25) is 10.0 Å². The molecule has 0 spiro atoms. The molecule has 0 aliphatic heterocycles. The number of amides is 1. The highest BCUT2D eigenvalue weighted by Gasteiger charge is 2.38. The van der Waals surface area contributed by atoms with Gasteiger partial charge < -0.3 is 4.42 Å². The SMILES string of the molecule is O=C(Nc1nnc(-c2ccc(Cl)s2)o1)c1ccc(S(=O)(=O)N(C2CCCCC2)C2CCCCC2)cc1. The first-order chi connectivity index (χ1) is 17.4. The Hall–Kier alpha value is -2.27. The number of hydrogen-bond acceptors (Lipinski definition) is 7. The largest absolute Gasteiger partial charge is 0.402 e. The lowest BCUT2D eigenvalue weighted by Crippen LogP contribution is -2.48. The van der Waals surface area contributed by atoms with Crippen molar-refractivity contribution >= 4 is 44.9 Å². The van der Waals surface area contributed by atoms with E-state index in [1.165, 1.54) is 48.4 Å². The van der Waals surface area contributed by atoms with E-state index < -0.39 is 15.9 Å². The van der Waals surface area contributed by atoms with E-state index in [0.29, 0.717) is 14.8 Å². The zero-order valence-corrected chi connectivity index (χ0v) is 22.2. The average Bonchev–Trinajstić information content (AvgIpc) is 3.54. The van der Waals surface area contributed by atoms with Crippen LogP contribution in [0.3, 0.4) is 0 Å². The lowest BCUT2D eigenvalue weighted by Gasteiger charge is -2.40. The van der Waals surface area contributed by atoms with Crippen LogP contribution in [0.4, 0.5) is 6.01 Å². The minimum absolute atomic E-state index is 0.0445. The number of benzene rings is 1. The number of nitrogens with zero attached hydrogens (tertiary/aromatic N) is 3. The van der Waals surface area contributed by atoms with Crippen LogP contribution in [0.2, 0.25) is 4.34 Å². The van der Waals surface area contributed by atoms with Crippen molar-refractivity contribution in [3.63, 3.8) is 0 Å². The van der Waals surface area contributed by atoms with E-state index in [1.54, 1.807) is 12.1 Å². The second-order valence-electron chi connectivity index (χ2n) is 9.41. The highest BCUT2D eigenvalue weighted by atomic mass is 35.5. The molecule has 0 saturated heterocycles. The fraction of sp³-hybridized carbons (Fsp3) is 0.480. The van der Waals surface area contributed by atoms with Crippen molar-refractivity contribution in [3.05, 3.63) is 46.3 Å². The molecule has 2 aliphatic rings. The number of carbonyl (C=O) groups is 1. The van der Waals surface area contributed by atoms with Gasteiger partial charge in [-0.15, -0.1) is 16.4 Å². The minimum Gasteiger partial charge on any atom is -0.402 e. The maximum Gasteiger partial charge on any atom is 0.322 e. The molecule has 2 saturated carbocycles. The quantitative estimate of drug-likeness (QED) is 0.368. The highest BCUT2D eigenvalue weighted by Crippen LogP contribution is 2.35. The van der Waals surface area contributed by atoms with Gasteiger partial charge in [-0.2, -0.15) is 4.31 Å². The van der Waals surface area contributed by atoms with E-state index in [1.807, 2.05) is 4.31 Å². The van der Waals surface area contributed by atoms with E-state index in [-0.39, 0.29) is 28.9 Å². The van der Waals surface area contributed by atoms with Crippen LogP contribution in [0.15, 0.2) is 45.7 Å². The first kappa shape index (κ1) is 25.4. The van der Waals surface area contributed by atoms with Crippen molar-refractivity contribution in [1.82, 2.24) is 14.5 Å². The first-order valence-corrected chi connectivity index (χ1v) is 15.1. The van der Waals surface area contributed by atoms with Gasteiger partial charge in [0.25, 0.3) is 11.8 Å². The predicted molar refractivity (Wildman–Crippen MR) is 140 cm³/mol. The van der Waals surface area contributed by atoms with Crippen molar-refractivity contribution < 1.29 is 17.6 Å². The number of anilines is 1. The van der Waals surface area contributed by atoms with Crippen molar-refractivity contribution in [2.45, 2.75) is 81.2 Å². The second kappa shape index (κ2) is 11.0. The molecular weight excluding hydrogens is 520 g/mol. The molecule has 5 rings (SSSR count). The standard InChI is InChI=1S/C25H29ClN4O4S2/c26-22-16-15-21(35-22)24-28-29-25(34-24)27-23(31)17-11-13-20(14-12-17)36(32,33)30(18-7-3-1-4-8-18)19-9-5-2-6-10-19/h11-16,18-19H,1-10H2,(H,27,29,31). The Morgan fingerprint density at radius 3 is 2.08 bits per heavy atom. The summed E-state index contributed by atoms with van der Waals surface area (Å²) in [5, 5.41) is 10.4. The predicted octanol–water partition coefficient (Wildman–Crippen LogP) is 6.36. The van der Waals surface area contributed by atoms with E-state index >= 15 is 0 Å². The van der Waals surface area contributed by atoms with Gasteiger partial charge in [0.15, 0.2) is 0 Å². The Labute approximate surface area is 220 Å². The monoisotopic (exact) mass is 548 g/mol. The molecule has 1 N–H and O–H groups in total. The second-order valence-corrected chi connectivity index (χ2v) is 13.0. The third-order valence-corrected chi connectivity index (χ3v) is 10.2. The van der Waals surface area contributed by atoms with E-state index in [4.69, 9.17) is 16.0 Å². The van der Waals surface area contributed by atoms with Gasteiger partial charge in [-0.3, -0.25) is 10.1 Å². The number of thiophene rings is 1. The molecule has 11 heteroatoms. The number of hydrogen-bond donors (Lipinski definition) is 1. The van der Waals surface area contributed by atoms with Gasteiger partial charge >= 0.3 is 6.01 Å². The van der Waals surface area contributed by atoms with Gasteiger partial charge in [-0.05, 0) is 62.1 Å². The molecule has 2 heterocycles. The van der Waals surface area contributed by atoms with Crippen molar-refractivity contribution in [2.24, 2.45) is 0 Å². The number of aromatic nitrogens is 2. The topological polar surface area (TPSA) is 105 Å². The number of carbonyl (C=O) groups excluding carboxylic acids is 1. The number of sulfonamides is 1. The van der Waals surface area contributed by atoms with Crippen LogP contribution in [0, 0.1) is 0 Å². The summed E-state index contributed by atoms with van der Waals surface area (Å²) in [6, 6.07) is 9.65. The lowest BCUT2D eigenvalue weighted by molar-refractivity contribution is 0.102. The summed E-state index contributed by atoms with van der Waals surface area (Å²) in [7, 11) is -3.68. The molecule has 2 aromatic heterocycles. The van der Waals surface area contributed by atoms with E-state index in [2.05, 4.69) is 15.5 Å².